The van der Waals surface area contributed by atoms with Gasteiger partial charge in [0, 0.05) is 54.3 Å². The highest BCUT2D eigenvalue weighted by Crippen LogP contribution is 2.36. The minimum atomic E-state index is 0.154. The SMILES string of the molecule is CN(C)c1cccc(C(=O)N2CCS[C@@H](c3cccs3)CC2)c1. The third-order valence-electron chi connectivity index (χ3n) is 4.10. The van der Waals surface area contributed by atoms with E-state index in [-0.39, 0.29) is 5.91 Å². The number of thiophene rings is 1. The second-order valence-electron chi connectivity index (χ2n) is 5.90. The lowest BCUT2D eigenvalue weighted by molar-refractivity contribution is 0.0766. The van der Waals surface area contributed by atoms with Crippen LogP contribution in [0.5, 0.6) is 0 Å². The van der Waals surface area contributed by atoms with Crippen LogP contribution in [0.4, 0.5) is 5.69 Å². The Bertz CT molecular complexity index is 655. The first kappa shape index (κ1) is 16.4. The highest BCUT2D eigenvalue weighted by molar-refractivity contribution is 7.99. The molecule has 1 saturated heterocycles. The molecule has 1 atom stereocenters. The molecule has 0 unspecified atom stereocenters. The highest BCUT2D eigenvalue weighted by atomic mass is 32.2. The molecule has 0 bridgehead atoms. The second kappa shape index (κ2) is 7.41. The summed E-state index contributed by atoms with van der Waals surface area (Å²) in [5.41, 5.74) is 1.85. The number of benzene rings is 1. The van der Waals surface area contributed by atoms with E-state index in [1.165, 1.54) is 4.88 Å². The van der Waals surface area contributed by atoms with Crippen LogP contribution in [0.2, 0.25) is 0 Å². The molecule has 0 N–H and O–H groups in total. The number of nitrogens with zero attached hydrogens (tertiary/aromatic N) is 2. The lowest BCUT2D eigenvalue weighted by atomic mass is 10.1. The molecule has 5 heteroatoms. The predicted octanol–water partition coefficient (Wildman–Crippen LogP) is 4.13. The fraction of sp³-hybridized carbons (Fsp3) is 0.389. The lowest BCUT2D eigenvalue weighted by Crippen LogP contribution is -2.33. The van der Waals surface area contributed by atoms with Crippen LogP contribution in [0.15, 0.2) is 41.8 Å². The average molecular weight is 347 g/mol. The first-order valence-electron chi connectivity index (χ1n) is 7.87. The highest BCUT2D eigenvalue weighted by Gasteiger charge is 2.23. The number of carbonyl (C=O) groups excluding carboxylic acids is 1. The van der Waals surface area contributed by atoms with Crippen LogP contribution in [0.1, 0.15) is 26.9 Å². The summed E-state index contributed by atoms with van der Waals surface area (Å²) in [6.45, 7) is 1.66. The summed E-state index contributed by atoms with van der Waals surface area (Å²) >= 11 is 3.79. The standard InChI is InChI=1S/C18H22N2OS2/c1-19(2)15-6-3-5-14(13-15)18(21)20-9-8-17(23-12-10-20)16-7-4-11-22-16/h3-7,11,13,17H,8-10,12H2,1-2H3/t17-/m1/s1. The Morgan fingerprint density at radius 2 is 2.09 bits per heavy atom. The van der Waals surface area contributed by atoms with Gasteiger partial charge in [0.15, 0.2) is 0 Å². The molecular weight excluding hydrogens is 324 g/mol. The van der Waals surface area contributed by atoms with Gasteiger partial charge in [-0.05, 0) is 36.1 Å². The summed E-state index contributed by atoms with van der Waals surface area (Å²) in [6, 6.07) is 12.2. The van der Waals surface area contributed by atoms with Crippen molar-refractivity contribution in [2.45, 2.75) is 11.7 Å². The van der Waals surface area contributed by atoms with Crippen LogP contribution in [-0.2, 0) is 0 Å². The van der Waals surface area contributed by atoms with E-state index in [4.69, 9.17) is 0 Å². The van der Waals surface area contributed by atoms with E-state index in [2.05, 4.69) is 17.5 Å². The molecule has 1 amide bonds. The van der Waals surface area contributed by atoms with Gasteiger partial charge in [0.05, 0.1) is 0 Å². The summed E-state index contributed by atoms with van der Waals surface area (Å²) in [5, 5.41) is 2.66. The van der Waals surface area contributed by atoms with Crippen molar-refractivity contribution in [3.8, 4) is 0 Å². The normalized spacial score (nSPS) is 18.5. The number of amides is 1. The van der Waals surface area contributed by atoms with Gasteiger partial charge < -0.3 is 9.80 Å². The number of hydrogen-bond donors (Lipinski definition) is 0. The lowest BCUT2D eigenvalue weighted by Gasteiger charge is -2.21. The Hall–Kier alpha value is -1.46. The molecular formula is C18H22N2OS2. The molecule has 2 heterocycles. The zero-order valence-electron chi connectivity index (χ0n) is 13.6. The van der Waals surface area contributed by atoms with Crippen LogP contribution >= 0.6 is 23.1 Å². The fourth-order valence-electron chi connectivity index (χ4n) is 2.78. The smallest absolute Gasteiger partial charge is 0.253 e. The Kier molecular flexibility index (Phi) is 5.28. The maximum Gasteiger partial charge on any atom is 0.253 e. The van der Waals surface area contributed by atoms with Crippen molar-refractivity contribution in [1.29, 1.82) is 0 Å². The van der Waals surface area contributed by atoms with Crippen molar-refractivity contribution in [1.82, 2.24) is 4.90 Å². The first-order chi connectivity index (χ1) is 11.1. The van der Waals surface area contributed by atoms with Gasteiger partial charge in [-0.15, -0.1) is 11.3 Å². The Balaban J connectivity index is 1.69. The average Bonchev–Trinajstić information content (AvgIpc) is 2.99. The third kappa shape index (κ3) is 3.90. The van der Waals surface area contributed by atoms with E-state index in [1.807, 2.05) is 71.3 Å². The Morgan fingerprint density at radius 1 is 1.22 bits per heavy atom. The number of anilines is 1. The van der Waals surface area contributed by atoms with E-state index >= 15 is 0 Å². The van der Waals surface area contributed by atoms with Gasteiger partial charge in [-0.25, -0.2) is 0 Å². The summed E-state index contributed by atoms with van der Waals surface area (Å²) in [7, 11) is 4.00. The van der Waals surface area contributed by atoms with Crippen LogP contribution in [0.25, 0.3) is 0 Å². The van der Waals surface area contributed by atoms with Crippen molar-refractivity contribution in [3.05, 3.63) is 52.2 Å². The zero-order valence-corrected chi connectivity index (χ0v) is 15.2. The van der Waals surface area contributed by atoms with Crippen molar-refractivity contribution in [3.63, 3.8) is 0 Å². The maximum atomic E-state index is 12.8. The number of thioether (sulfide) groups is 1. The van der Waals surface area contributed by atoms with Crippen LogP contribution in [-0.4, -0.2) is 43.7 Å². The summed E-state index contributed by atoms with van der Waals surface area (Å²) in [6.07, 6.45) is 1.03. The second-order valence-corrected chi connectivity index (χ2v) is 8.19. The molecule has 0 spiro atoms. The minimum Gasteiger partial charge on any atom is -0.378 e. The maximum absolute atomic E-state index is 12.8. The number of rotatable bonds is 3. The predicted molar refractivity (Wildman–Crippen MR) is 101 cm³/mol. The van der Waals surface area contributed by atoms with Crippen LogP contribution in [0, 0.1) is 0 Å². The molecule has 0 radical (unpaired) electrons. The van der Waals surface area contributed by atoms with Gasteiger partial charge in [0.25, 0.3) is 5.91 Å². The molecule has 1 aliphatic rings. The molecule has 3 rings (SSSR count). The summed E-state index contributed by atoms with van der Waals surface area (Å²) in [5.74, 6) is 1.16. The minimum absolute atomic E-state index is 0.154. The van der Waals surface area contributed by atoms with E-state index in [1.54, 1.807) is 0 Å². The molecule has 0 saturated carbocycles. The monoisotopic (exact) mass is 346 g/mol. The van der Waals surface area contributed by atoms with E-state index in [0.717, 1.165) is 36.5 Å². The molecule has 23 heavy (non-hydrogen) atoms. The molecule has 1 aromatic carbocycles. The van der Waals surface area contributed by atoms with Gasteiger partial charge >= 0.3 is 0 Å². The molecule has 122 valence electrons. The Morgan fingerprint density at radius 3 is 2.83 bits per heavy atom. The van der Waals surface area contributed by atoms with Gasteiger partial charge in [-0.2, -0.15) is 11.8 Å². The Labute approximate surface area is 146 Å². The summed E-state index contributed by atoms with van der Waals surface area (Å²) < 4.78 is 0. The third-order valence-corrected chi connectivity index (χ3v) is 6.54. The molecule has 0 aliphatic carbocycles. The van der Waals surface area contributed by atoms with Crippen LogP contribution < -0.4 is 4.90 Å². The van der Waals surface area contributed by atoms with Crippen molar-refractivity contribution in [2.75, 3.05) is 37.8 Å². The van der Waals surface area contributed by atoms with Crippen molar-refractivity contribution < 1.29 is 4.79 Å². The van der Waals surface area contributed by atoms with E-state index in [9.17, 15) is 4.79 Å². The van der Waals surface area contributed by atoms with Gasteiger partial charge in [-0.1, -0.05) is 12.1 Å². The quantitative estimate of drug-likeness (QED) is 0.835. The number of carbonyl (C=O) groups is 1. The van der Waals surface area contributed by atoms with Crippen molar-refractivity contribution >= 4 is 34.7 Å². The molecule has 3 nitrogen and oxygen atoms in total. The van der Waals surface area contributed by atoms with E-state index < -0.39 is 0 Å². The van der Waals surface area contributed by atoms with Crippen molar-refractivity contribution in [2.24, 2.45) is 0 Å². The molecule has 2 aromatic rings. The molecule has 1 aliphatic heterocycles. The molecule has 1 fully saturated rings. The summed E-state index contributed by atoms with van der Waals surface area (Å²) in [4.78, 5) is 18.3. The van der Waals surface area contributed by atoms with Crippen LogP contribution in [0.3, 0.4) is 0 Å². The topological polar surface area (TPSA) is 23.6 Å². The largest absolute Gasteiger partial charge is 0.378 e. The first-order valence-corrected chi connectivity index (χ1v) is 9.79. The van der Waals surface area contributed by atoms with Gasteiger partial charge in [0.1, 0.15) is 0 Å². The van der Waals surface area contributed by atoms with Gasteiger partial charge in [-0.3, -0.25) is 4.79 Å². The molecule has 1 aromatic heterocycles. The van der Waals surface area contributed by atoms with E-state index in [0.29, 0.717) is 5.25 Å². The zero-order chi connectivity index (χ0) is 16.2. The number of hydrogen-bond acceptors (Lipinski definition) is 4. The fourth-order valence-corrected chi connectivity index (χ4v) is 5.01. The van der Waals surface area contributed by atoms with Gasteiger partial charge in [0.2, 0.25) is 0 Å².